The fourth-order valence-corrected chi connectivity index (χ4v) is 0.677. The van der Waals surface area contributed by atoms with Crippen LogP contribution in [0.4, 0.5) is 0 Å². The number of aliphatic hydroxyl groups is 1. The number of ketones is 1. The molecule has 0 saturated carbocycles. The highest BCUT2D eigenvalue weighted by atomic mass is 16.6. The number of esters is 1. The largest absolute Gasteiger partial charge is 0.454 e. The highest BCUT2D eigenvalue weighted by Crippen LogP contribution is 2.08. The number of aliphatic hydroxyl groups excluding tert-OH is 1. The fourth-order valence-electron chi connectivity index (χ4n) is 0.677. The van der Waals surface area contributed by atoms with Gasteiger partial charge in [0, 0.05) is 13.0 Å². The Morgan fingerprint density at radius 3 is 2.23 bits per heavy atom. The lowest BCUT2D eigenvalue weighted by atomic mass is 10.2. The number of rotatable bonds is 4. The standard InChI is InChI=1S/C9H16O4/c1-9(2,3)13-8(12)7(11)5-4-6-10/h10H,4-6H2,1-3H3. The van der Waals surface area contributed by atoms with E-state index in [0.29, 0.717) is 6.42 Å². The van der Waals surface area contributed by atoms with Crippen molar-refractivity contribution in [2.45, 2.75) is 39.2 Å². The molecule has 0 amide bonds. The van der Waals surface area contributed by atoms with Crippen molar-refractivity contribution in [3.8, 4) is 0 Å². The van der Waals surface area contributed by atoms with Crippen LogP contribution in [0.1, 0.15) is 33.6 Å². The SMILES string of the molecule is CC(C)(C)OC(=O)C(=O)CCCO. The van der Waals surface area contributed by atoms with E-state index in [9.17, 15) is 9.59 Å². The molecule has 4 heteroatoms. The smallest absolute Gasteiger partial charge is 0.375 e. The van der Waals surface area contributed by atoms with Crippen LogP contribution in [0.5, 0.6) is 0 Å². The zero-order chi connectivity index (χ0) is 10.5. The van der Waals surface area contributed by atoms with Crippen molar-refractivity contribution in [2.75, 3.05) is 6.61 Å². The van der Waals surface area contributed by atoms with Gasteiger partial charge in [-0.2, -0.15) is 0 Å². The molecule has 76 valence electrons. The van der Waals surface area contributed by atoms with Gasteiger partial charge in [0.15, 0.2) is 0 Å². The molecule has 0 aromatic rings. The van der Waals surface area contributed by atoms with Crippen LogP contribution in [-0.2, 0) is 14.3 Å². The number of Topliss-reactive ketones (excluding diaryl/α,β-unsaturated/α-hetero) is 1. The van der Waals surface area contributed by atoms with Crippen LogP contribution in [-0.4, -0.2) is 29.1 Å². The lowest BCUT2D eigenvalue weighted by Crippen LogP contribution is -2.28. The molecule has 0 rings (SSSR count). The third kappa shape index (κ3) is 6.28. The maximum absolute atomic E-state index is 11.0. The summed E-state index contributed by atoms with van der Waals surface area (Å²) in [6.45, 7) is 5.01. The minimum Gasteiger partial charge on any atom is -0.454 e. The highest BCUT2D eigenvalue weighted by molar-refractivity contribution is 6.33. The summed E-state index contributed by atoms with van der Waals surface area (Å²) in [6.07, 6.45) is 0.351. The summed E-state index contributed by atoms with van der Waals surface area (Å²) in [5.41, 5.74) is -0.633. The molecule has 1 N–H and O–H groups in total. The fraction of sp³-hybridized carbons (Fsp3) is 0.778. The molecule has 4 nitrogen and oxygen atoms in total. The van der Waals surface area contributed by atoms with Crippen molar-refractivity contribution in [3.05, 3.63) is 0 Å². The molecular formula is C9H16O4. The van der Waals surface area contributed by atoms with Crippen LogP contribution >= 0.6 is 0 Å². The zero-order valence-electron chi connectivity index (χ0n) is 8.29. The first-order chi connectivity index (χ1) is 5.87. The predicted octanol–water partition coefficient (Wildman–Crippen LogP) is 0.670. The molecule has 0 radical (unpaired) electrons. The Balaban J connectivity index is 3.91. The molecule has 0 saturated heterocycles. The second kappa shape index (κ2) is 4.97. The van der Waals surface area contributed by atoms with Crippen LogP contribution in [0.2, 0.25) is 0 Å². The van der Waals surface area contributed by atoms with E-state index in [0.717, 1.165) is 0 Å². The van der Waals surface area contributed by atoms with Crippen molar-refractivity contribution in [1.29, 1.82) is 0 Å². The van der Waals surface area contributed by atoms with Crippen LogP contribution in [0.15, 0.2) is 0 Å². The molecule has 0 spiro atoms. The molecule has 0 aliphatic rings. The quantitative estimate of drug-likeness (QED) is 0.520. The normalized spacial score (nSPS) is 11.1. The van der Waals surface area contributed by atoms with Crippen molar-refractivity contribution < 1.29 is 19.4 Å². The lowest BCUT2D eigenvalue weighted by molar-refractivity contribution is -0.162. The minimum absolute atomic E-state index is 0.0470. The van der Waals surface area contributed by atoms with Crippen LogP contribution in [0, 0.1) is 0 Å². The first kappa shape index (κ1) is 12.1. The van der Waals surface area contributed by atoms with Crippen molar-refractivity contribution in [2.24, 2.45) is 0 Å². The van der Waals surface area contributed by atoms with E-state index in [1.165, 1.54) is 0 Å². The molecule has 0 aliphatic heterocycles. The van der Waals surface area contributed by atoms with Crippen LogP contribution < -0.4 is 0 Å². The van der Waals surface area contributed by atoms with E-state index in [2.05, 4.69) is 0 Å². The number of carbonyl (C=O) groups excluding carboxylic acids is 2. The Labute approximate surface area is 77.9 Å². The van der Waals surface area contributed by atoms with Gasteiger partial charge in [0.2, 0.25) is 5.78 Å². The van der Waals surface area contributed by atoms with Gasteiger partial charge in [-0.25, -0.2) is 4.79 Å². The van der Waals surface area contributed by atoms with Crippen LogP contribution in [0.25, 0.3) is 0 Å². The summed E-state index contributed by atoms with van der Waals surface area (Å²) in [5, 5.41) is 8.43. The maximum atomic E-state index is 11.0. The first-order valence-corrected chi connectivity index (χ1v) is 4.24. The van der Waals surface area contributed by atoms with E-state index in [4.69, 9.17) is 9.84 Å². The van der Waals surface area contributed by atoms with Gasteiger partial charge in [-0.3, -0.25) is 4.79 Å². The number of ether oxygens (including phenoxy) is 1. The molecule has 0 fully saturated rings. The van der Waals surface area contributed by atoms with Crippen molar-refractivity contribution in [1.82, 2.24) is 0 Å². The lowest BCUT2D eigenvalue weighted by Gasteiger charge is -2.18. The average molecular weight is 188 g/mol. The van der Waals surface area contributed by atoms with Gasteiger partial charge in [-0.05, 0) is 27.2 Å². The van der Waals surface area contributed by atoms with Gasteiger partial charge in [-0.15, -0.1) is 0 Å². The molecule has 0 heterocycles. The van der Waals surface area contributed by atoms with Gasteiger partial charge in [0.1, 0.15) is 5.60 Å². The molecule has 0 aromatic carbocycles. The molecular weight excluding hydrogens is 172 g/mol. The Morgan fingerprint density at radius 2 is 1.85 bits per heavy atom. The van der Waals surface area contributed by atoms with Gasteiger partial charge in [-0.1, -0.05) is 0 Å². The van der Waals surface area contributed by atoms with E-state index >= 15 is 0 Å². The van der Waals surface area contributed by atoms with E-state index in [1.807, 2.05) is 0 Å². The summed E-state index contributed by atoms with van der Waals surface area (Å²) >= 11 is 0. The summed E-state index contributed by atoms with van der Waals surface area (Å²) in [4.78, 5) is 22.0. The second-order valence-corrected chi connectivity index (χ2v) is 3.75. The Hall–Kier alpha value is -0.900. The minimum atomic E-state index is -0.819. The highest BCUT2D eigenvalue weighted by Gasteiger charge is 2.21. The van der Waals surface area contributed by atoms with E-state index in [-0.39, 0.29) is 13.0 Å². The van der Waals surface area contributed by atoms with Crippen LogP contribution in [0.3, 0.4) is 0 Å². The molecule has 0 atom stereocenters. The van der Waals surface area contributed by atoms with E-state index < -0.39 is 17.4 Å². The molecule has 0 unspecified atom stereocenters. The summed E-state index contributed by atoms with van der Waals surface area (Å²) < 4.78 is 4.83. The van der Waals surface area contributed by atoms with Crippen molar-refractivity contribution in [3.63, 3.8) is 0 Å². The molecule has 0 aliphatic carbocycles. The maximum Gasteiger partial charge on any atom is 0.375 e. The molecule has 0 aromatic heterocycles. The first-order valence-electron chi connectivity index (χ1n) is 4.24. The topological polar surface area (TPSA) is 63.6 Å². The Kier molecular flexibility index (Phi) is 4.62. The summed E-state index contributed by atoms with van der Waals surface area (Å²) in [5.74, 6) is -1.40. The summed E-state index contributed by atoms with van der Waals surface area (Å²) in [7, 11) is 0. The molecule has 0 bridgehead atoms. The summed E-state index contributed by atoms with van der Waals surface area (Å²) in [6, 6.07) is 0. The average Bonchev–Trinajstić information content (AvgIpc) is 1.96. The third-order valence-corrected chi connectivity index (χ3v) is 1.19. The van der Waals surface area contributed by atoms with E-state index in [1.54, 1.807) is 20.8 Å². The van der Waals surface area contributed by atoms with Gasteiger partial charge >= 0.3 is 5.97 Å². The molecule has 13 heavy (non-hydrogen) atoms. The number of carbonyl (C=O) groups is 2. The second-order valence-electron chi connectivity index (χ2n) is 3.75. The monoisotopic (exact) mass is 188 g/mol. The van der Waals surface area contributed by atoms with Gasteiger partial charge in [0.25, 0.3) is 0 Å². The predicted molar refractivity (Wildman–Crippen MR) is 47.2 cm³/mol. The van der Waals surface area contributed by atoms with Gasteiger partial charge < -0.3 is 9.84 Å². The van der Waals surface area contributed by atoms with Gasteiger partial charge in [0.05, 0.1) is 0 Å². The Morgan fingerprint density at radius 1 is 1.31 bits per heavy atom. The third-order valence-electron chi connectivity index (χ3n) is 1.19. The number of hydrogen-bond acceptors (Lipinski definition) is 4. The Bertz CT molecular complexity index is 190. The zero-order valence-corrected chi connectivity index (χ0v) is 8.29. The van der Waals surface area contributed by atoms with Crippen molar-refractivity contribution >= 4 is 11.8 Å². The number of hydrogen-bond donors (Lipinski definition) is 1.